The summed E-state index contributed by atoms with van der Waals surface area (Å²) in [5, 5.41) is 0.0243. The van der Waals surface area contributed by atoms with E-state index in [0.29, 0.717) is 19.3 Å². The van der Waals surface area contributed by atoms with Crippen molar-refractivity contribution in [2.75, 3.05) is 6.54 Å². The fourth-order valence-electron chi connectivity index (χ4n) is 16.4. The normalized spacial score (nSPS) is 16.2. The fourth-order valence-corrected chi connectivity index (χ4v) is 16.4. The minimum atomic E-state index is -6.62. The number of fused-ring (bicyclic) bond motifs is 12. The van der Waals surface area contributed by atoms with E-state index in [1.807, 2.05) is 19.1 Å². The number of hydrogen-bond donors (Lipinski definition) is 1. The molecule has 1 nitrogen and oxygen atoms in total. The summed E-state index contributed by atoms with van der Waals surface area (Å²) in [6.07, 6.45) is -5.49. The largest absolute Gasteiger partial charge is 0.458 e. The highest BCUT2D eigenvalue weighted by atomic mass is 19.3. The Balaban J connectivity index is 0.000000306. The van der Waals surface area contributed by atoms with E-state index in [0.717, 1.165) is 6.42 Å². The zero-order chi connectivity index (χ0) is 83.1. The first-order valence-electron chi connectivity index (χ1n) is 33.4. The number of unbranched alkanes of at least 4 members (excludes halogenated alkanes) is 4. The van der Waals surface area contributed by atoms with E-state index >= 15 is 123 Å². The van der Waals surface area contributed by atoms with Crippen LogP contribution in [0.15, 0.2) is 84.9 Å². The van der Waals surface area contributed by atoms with Gasteiger partial charge in [-0.25, -0.2) is 123 Å². The van der Waals surface area contributed by atoms with E-state index in [9.17, 15) is 26.3 Å². The molecule has 0 spiro atoms. The minimum Gasteiger partial charge on any atom is -0.280 e. The van der Waals surface area contributed by atoms with Crippen LogP contribution in [-0.2, 0) is 0 Å². The molecule has 0 fully saturated rings. The maximum Gasteiger partial charge on any atom is 0.458 e. The quantitative estimate of drug-likeness (QED) is 0.0248. The lowest BCUT2D eigenvalue weighted by molar-refractivity contribution is -0.808. The van der Waals surface area contributed by atoms with Crippen molar-refractivity contribution in [1.82, 2.24) is 0 Å². The summed E-state index contributed by atoms with van der Waals surface area (Å²) in [4.78, 5) is 0. The Morgan fingerprint density at radius 3 is 0.761 bits per heavy atom. The smallest absolute Gasteiger partial charge is 0.280 e. The molecular formula is C77H42BF34N. The summed E-state index contributed by atoms with van der Waals surface area (Å²) < 4.78 is 542. The topological polar surface area (TPSA) is 16.6 Å². The SMILES string of the molecule is CCCCCCC(F)(F)C(F)(F)C(F)(F)[NH2+]CCCC.Fc1cc2c(c(F)c1F)-c1c(F)c(F)c(F)c(F)c1C2[B-](C1c2cc(F)c(F)c(F)c2-c2c(F)c(F)c(F)c(F)c21)(C1c2cc(F)c(F)c(F)c2-c2c(F)c(F)c(F)c(F)c21)C1c2cc(F)c(F)c(F)c2-c2c(F)c(F)c(F)c(F)c21.c1ccc(-c2ccccc2)cc1. The van der Waals surface area contributed by atoms with Crippen LogP contribution in [0.5, 0.6) is 0 Å². The maximum atomic E-state index is 17.7. The zero-order valence-electron chi connectivity index (χ0n) is 56.6. The Hall–Kier alpha value is -10.2. The molecule has 4 atom stereocenters. The molecular weight excluding hydrogens is 1600 g/mol. The van der Waals surface area contributed by atoms with Crippen LogP contribution < -0.4 is 5.32 Å². The van der Waals surface area contributed by atoms with Gasteiger partial charge in [0.2, 0.25) is 0 Å². The lowest BCUT2D eigenvalue weighted by Gasteiger charge is -2.60. The van der Waals surface area contributed by atoms with E-state index in [4.69, 9.17) is 0 Å². The third-order valence-corrected chi connectivity index (χ3v) is 20.9. The molecule has 4 aliphatic carbocycles. The number of quaternary nitrogens is 1. The molecule has 4 aliphatic rings. The number of benzene rings is 10. The lowest BCUT2D eigenvalue weighted by atomic mass is 9.01. The van der Waals surface area contributed by atoms with Crippen molar-refractivity contribution >= 4 is 6.15 Å². The number of hydrogen-bond acceptors (Lipinski definition) is 0. The first kappa shape index (κ1) is 82.3. The van der Waals surface area contributed by atoms with Gasteiger partial charge in [0.15, 0.2) is 163 Å². The molecule has 36 heteroatoms. The Bertz CT molecular complexity index is 5000. The molecule has 2 N–H and O–H groups in total. The van der Waals surface area contributed by atoms with Crippen LogP contribution in [0.3, 0.4) is 0 Å². The van der Waals surface area contributed by atoms with Gasteiger partial charge in [0, 0.05) is 50.9 Å². The summed E-state index contributed by atoms with van der Waals surface area (Å²) in [6.45, 7) is 3.24. The first-order chi connectivity index (χ1) is 53.0. The van der Waals surface area contributed by atoms with Crippen molar-refractivity contribution in [3.8, 4) is 55.6 Å². The van der Waals surface area contributed by atoms with E-state index in [2.05, 4.69) is 48.5 Å². The lowest BCUT2D eigenvalue weighted by Crippen LogP contribution is -2.99. The van der Waals surface area contributed by atoms with Crippen molar-refractivity contribution in [3.05, 3.63) is 292 Å². The monoisotopic (exact) mass is 1640 g/mol. The van der Waals surface area contributed by atoms with E-state index < -0.39 is 330 Å². The van der Waals surface area contributed by atoms with Gasteiger partial charge in [-0.1, -0.05) is 122 Å². The van der Waals surface area contributed by atoms with Crippen molar-refractivity contribution < 1.29 is 155 Å². The average molecular weight is 1640 g/mol. The van der Waals surface area contributed by atoms with E-state index in [1.54, 1.807) is 6.92 Å². The van der Waals surface area contributed by atoms with Gasteiger partial charge < -0.3 is 0 Å². The molecule has 10 aromatic carbocycles. The van der Waals surface area contributed by atoms with Gasteiger partial charge in [0.25, 0.3) is 0 Å². The molecule has 0 bridgehead atoms. The van der Waals surface area contributed by atoms with Crippen LogP contribution in [0, 0.1) is 163 Å². The second-order valence-corrected chi connectivity index (χ2v) is 26.8. The molecule has 0 aromatic heterocycles. The molecule has 113 heavy (non-hydrogen) atoms. The third kappa shape index (κ3) is 12.2. The molecule has 0 radical (unpaired) electrons. The highest BCUT2D eigenvalue weighted by molar-refractivity contribution is 6.88. The minimum absolute atomic E-state index is 0.0243. The Morgan fingerprint density at radius 2 is 0.513 bits per heavy atom. The third-order valence-electron chi connectivity index (χ3n) is 20.9. The van der Waals surface area contributed by atoms with Crippen LogP contribution >= 0.6 is 0 Å². The van der Waals surface area contributed by atoms with E-state index in [-0.39, 0.29) is 24.7 Å². The first-order valence-corrected chi connectivity index (χ1v) is 33.4. The summed E-state index contributed by atoms with van der Waals surface area (Å²) in [6, 6.07) is 13.5. The Kier molecular flexibility index (Phi) is 21.6. The summed E-state index contributed by atoms with van der Waals surface area (Å²) in [5.41, 5.74) is -35.4. The van der Waals surface area contributed by atoms with Crippen LogP contribution in [0.25, 0.3) is 55.6 Å². The van der Waals surface area contributed by atoms with Crippen LogP contribution in [0.1, 0.15) is 127 Å². The Morgan fingerprint density at radius 1 is 0.274 bits per heavy atom. The number of rotatable bonds is 16. The highest BCUT2D eigenvalue weighted by Gasteiger charge is 2.74. The molecule has 0 saturated heterocycles. The molecule has 596 valence electrons. The second-order valence-electron chi connectivity index (χ2n) is 26.8. The molecule has 0 aliphatic heterocycles. The van der Waals surface area contributed by atoms with Crippen molar-refractivity contribution in [3.63, 3.8) is 0 Å². The van der Waals surface area contributed by atoms with Gasteiger partial charge >= 0.3 is 17.9 Å². The molecule has 0 saturated carbocycles. The Labute approximate surface area is 613 Å². The second kappa shape index (κ2) is 29.7. The van der Waals surface area contributed by atoms with Crippen molar-refractivity contribution in [1.29, 1.82) is 0 Å². The maximum absolute atomic E-state index is 17.7. The van der Waals surface area contributed by atoms with E-state index in [1.165, 1.54) is 11.1 Å². The van der Waals surface area contributed by atoms with Crippen molar-refractivity contribution in [2.45, 2.75) is 100.0 Å². The molecule has 0 amide bonds. The van der Waals surface area contributed by atoms with Crippen LogP contribution in [0.2, 0.25) is 0 Å². The van der Waals surface area contributed by atoms with Gasteiger partial charge in [0.05, 0.1) is 12.7 Å². The molecule has 0 heterocycles. The van der Waals surface area contributed by atoms with Gasteiger partial charge in [-0.2, -0.15) is 17.6 Å². The molecule has 4 unspecified atom stereocenters. The van der Waals surface area contributed by atoms with Crippen LogP contribution in [-0.4, -0.2) is 30.6 Å². The number of nitrogens with two attached hydrogens (primary N) is 1. The highest BCUT2D eigenvalue weighted by Crippen LogP contribution is 2.74. The van der Waals surface area contributed by atoms with Gasteiger partial charge in [0.1, 0.15) is 0 Å². The predicted octanol–water partition coefficient (Wildman–Crippen LogP) is 24.3. The number of halogens is 34. The fraction of sp³-hybridized carbons (Fsp3) is 0.221. The van der Waals surface area contributed by atoms with Gasteiger partial charge in [-0.05, 0) is 70.5 Å². The van der Waals surface area contributed by atoms with Crippen LogP contribution in [0.4, 0.5) is 149 Å². The number of alkyl halides is 6. The molecule has 14 rings (SSSR count). The predicted molar refractivity (Wildman–Crippen MR) is 337 cm³/mol. The summed E-state index contributed by atoms with van der Waals surface area (Å²) >= 11 is 0. The molecule has 10 aromatic rings. The standard InChI is InChI=1S/C52H8BF28.C13H23F6N.C12H10/c54-9-1-5-13(33(62)29(9)58)17-21(41(70)49(78)45(74)37(17)66)25(5)53(26-6-2-10(55)30(59)34(63)14(6)18-22(26)42(71)50(79)46(75)38(18)67,27-7-3-11(56)31(60)35(64)15(7)19-23(27)43(72)51(80)47(76)39(19)68)28-8-4-12(57)32(61)36(65)16(8)20-24(28)44(73)52(81)48(77)40(20)69;1-3-5-7-8-9-11(14,15)12(16,17)13(18,19)20-10-6-4-2;1-3-7-11(8-4-1)12-9-5-2-6-10-12/h1-4,25-28H;20H,3-10H2,1-2H3;1-10H/q-1;;/p+1. The summed E-state index contributed by atoms with van der Waals surface area (Å²) in [7, 11) is 0. The van der Waals surface area contributed by atoms with Gasteiger partial charge in [-0.15, -0.1) is 32.0 Å². The summed E-state index contributed by atoms with van der Waals surface area (Å²) in [5.74, 6) is -113. The average Bonchev–Trinajstić information content (AvgIpc) is 1.48. The van der Waals surface area contributed by atoms with Gasteiger partial charge in [-0.3, -0.25) is 5.32 Å². The van der Waals surface area contributed by atoms with Crippen molar-refractivity contribution in [2.24, 2.45) is 0 Å². The zero-order valence-corrected chi connectivity index (χ0v) is 56.6.